The van der Waals surface area contributed by atoms with E-state index in [0.717, 1.165) is 42.4 Å². The van der Waals surface area contributed by atoms with Crippen LogP contribution in [-0.2, 0) is 6.54 Å². The zero-order valence-corrected chi connectivity index (χ0v) is 19.7. The van der Waals surface area contributed by atoms with Crippen LogP contribution in [-0.4, -0.2) is 56.4 Å². The minimum absolute atomic E-state index is 0.146. The zero-order chi connectivity index (χ0) is 23.8. The van der Waals surface area contributed by atoms with Crippen LogP contribution in [0.1, 0.15) is 42.8 Å². The molecule has 1 unspecified atom stereocenters. The van der Waals surface area contributed by atoms with Crippen molar-refractivity contribution in [1.29, 1.82) is 0 Å². The van der Waals surface area contributed by atoms with Gasteiger partial charge in [0.1, 0.15) is 19.3 Å². The Balaban J connectivity index is 1.46. The highest BCUT2D eigenvalue weighted by atomic mass is 16.6. The number of ether oxygens (including phenoxy) is 2. The number of likely N-dealkylation sites (tertiary alicyclic amines) is 1. The van der Waals surface area contributed by atoms with Crippen LogP contribution >= 0.6 is 0 Å². The smallest absolute Gasteiger partial charge is 0.253 e. The van der Waals surface area contributed by atoms with E-state index in [4.69, 9.17) is 9.47 Å². The summed E-state index contributed by atoms with van der Waals surface area (Å²) >= 11 is 0. The second-order valence-corrected chi connectivity index (χ2v) is 9.44. The Kier molecular flexibility index (Phi) is 5.69. The van der Waals surface area contributed by atoms with Crippen molar-refractivity contribution in [3.8, 4) is 11.5 Å². The molecule has 0 spiro atoms. The fraction of sp³-hybridized carbons (Fsp3) is 0.385. The van der Waals surface area contributed by atoms with E-state index in [0.29, 0.717) is 48.6 Å². The summed E-state index contributed by atoms with van der Waals surface area (Å²) in [5, 5.41) is 13.6. The van der Waals surface area contributed by atoms with Gasteiger partial charge in [-0.2, -0.15) is 0 Å². The average Bonchev–Trinajstić information content (AvgIpc) is 3.32. The van der Waals surface area contributed by atoms with Gasteiger partial charge in [0.25, 0.3) is 5.56 Å². The molecule has 6 rings (SSSR count). The van der Waals surface area contributed by atoms with Crippen LogP contribution in [0.5, 0.6) is 11.5 Å². The lowest BCUT2D eigenvalue weighted by atomic mass is 9.95. The predicted molar refractivity (Wildman–Crippen MR) is 131 cm³/mol. The highest BCUT2D eigenvalue weighted by molar-refractivity contribution is 5.83. The maximum atomic E-state index is 13.5. The quantitative estimate of drug-likeness (QED) is 0.476. The highest BCUT2D eigenvalue weighted by Gasteiger charge is 2.32. The zero-order valence-electron chi connectivity index (χ0n) is 19.7. The number of rotatable bonds is 5. The first kappa shape index (κ1) is 21.8. The molecule has 1 N–H and O–H groups in total. The van der Waals surface area contributed by atoms with E-state index < -0.39 is 0 Å². The second-order valence-electron chi connectivity index (χ2n) is 9.44. The number of fused-ring (bicyclic) bond motifs is 2. The lowest BCUT2D eigenvalue weighted by Crippen LogP contribution is -2.40. The van der Waals surface area contributed by atoms with Gasteiger partial charge in [0.2, 0.25) is 0 Å². The van der Waals surface area contributed by atoms with Gasteiger partial charge in [-0.25, -0.2) is 4.68 Å². The molecule has 1 fully saturated rings. The van der Waals surface area contributed by atoms with Crippen molar-refractivity contribution in [3.05, 3.63) is 75.8 Å². The number of hydrogen-bond donors (Lipinski definition) is 1. The highest BCUT2D eigenvalue weighted by Crippen LogP contribution is 2.36. The summed E-state index contributed by atoms with van der Waals surface area (Å²) in [6, 6.07) is 15.5. The Morgan fingerprint density at radius 2 is 1.80 bits per heavy atom. The van der Waals surface area contributed by atoms with Gasteiger partial charge in [-0.1, -0.05) is 37.3 Å². The van der Waals surface area contributed by atoms with E-state index in [1.54, 1.807) is 0 Å². The van der Waals surface area contributed by atoms with Gasteiger partial charge in [0, 0.05) is 17.0 Å². The van der Waals surface area contributed by atoms with Gasteiger partial charge >= 0.3 is 0 Å². The molecule has 0 radical (unpaired) electrons. The minimum Gasteiger partial charge on any atom is -0.486 e. The number of hydrogen-bond acceptors (Lipinski definition) is 7. The SMILES string of the molecule is CC1CCN(C(c2cc3cc4c(cc3[nH]c2=O)OCCO4)c2nnnn2Cc2ccccc2)CC1. The van der Waals surface area contributed by atoms with Crippen molar-refractivity contribution >= 4 is 10.9 Å². The third-order valence-electron chi connectivity index (χ3n) is 6.99. The van der Waals surface area contributed by atoms with Crippen molar-refractivity contribution in [2.75, 3.05) is 26.3 Å². The standard InChI is InChI=1S/C26H28N6O3/c1-17-7-9-31(10-8-17)24(25-28-29-30-32(25)16-18-5-3-2-4-6-18)20-13-19-14-22-23(35-12-11-34-22)15-21(19)27-26(20)33/h2-6,13-15,17,24H,7-12,16H2,1H3,(H,27,33). The molecule has 1 atom stereocenters. The molecule has 9 nitrogen and oxygen atoms in total. The summed E-state index contributed by atoms with van der Waals surface area (Å²) in [6.45, 7) is 5.58. The minimum atomic E-state index is -0.359. The van der Waals surface area contributed by atoms with Gasteiger partial charge in [0.15, 0.2) is 17.3 Å². The second kappa shape index (κ2) is 9.14. The Morgan fingerprint density at radius 3 is 2.57 bits per heavy atom. The first-order valence-corrected chi connectivity index (χ1v) is 12.2. The van der Waals surface area contributed by atoms with E-state index in [1.165, 1.54) is 0 Å². The number of piperidine rings is 1. The normalized spacial score (nSPS) is 17.5. The Bertz CT molecular complexity index is 1390. The van der Waals surface area contributed by atoms with Gasteiger partial charge in [-0.3, -0.25) is 9.69 Å². The summed E-state index contributed by atoms with van der Waals surface area (Å²) in [7, 11) is 0. The summed E-state index contributed by atoms with van der Waals surface area (Å²) in [4.78, 5) is 18.9. The fourth-order valence-corrected chi connectivity index (χ4v) is 5.03. The molecule has 180 valence electrons. The average molecular weight is 473 g/mol. The molecule has 4 heterocycles. The van der Waals surface area contributed by atoms with Crippen LogP contribution < -0.4 is 15.0 Å². The van der Waals surface area contributed by atoms with Crippen molar-refractivity contribution < 1.29 is 9.47 Å². The summed E-state index contributed by atoms with van der Waals surface area (Å²) in [5.41, 5.74) is 2.31. The maximum absolute atomic E-state index is 13.5. The number of benzene rings is 2. The topological polar surface area (TPSA) is 98.2 Å². The van der Waals surface area contributed by atoms with Gasteiger partial charge in [-0.05, 0) is 60.0 Å². The lowest BCUT2D eigenvalue weighted by molar-refractivity contribution is 0.149. The molecule has 4 aromatic rings. The molecule has 9 heteroatoms. The number of aromatic amines is 1. The van der Waals surface area contributed by atoms with E-state index >= 15 is 0 Å². The monoisotopic (exact) mass is 472 g/mol. The number of nitrogens with zero attached hydrogens (tertiary/aromatic N) is 5. The van der Waals surface area contributed by atoms with Crippen LogP contribution in [0.15, 0.2) is 53.3 Å². The van der Waals surface area contributed by atoms with Crippen molar-refractivity contribution in [1.82, 2.24) is 30.1 Å². The Morgan fingerprint density at radius 1 is 1.06 bits per heavy atom. The van der Waals surface area contributed by atoms with Crippen LogP contribution in [0.2, 0.25) is 0 Å². The van der Waals surface area contributed by atoms with Crippen LogP contribution in [0.3, 0.4) is 0 Å². The van der Waals surface area contributed by atoms with Gasteiger partial charge < -0.3 is 14.5 Å². The first-order chi connectivity index (χ1) is 17.2. The van der Waals surface area contributed by atoms with Crippen LogP contribution in [0.4, 0.5) is 0 Å². The molecule has 2 aromatic heterocycles. The van der Waals surface area contributed by atoms with Crippen LogP contribution in [0, 0.1) is 5.92 Å². The van der Waals surface area contributed by atoms with Crippen molar-refractivity contribution in [2.24, 2.45) is 5.92 Å². The van der Waals surface area contributed by atoms with E-state index in [9.17, 15) is 4.79 Å². The number of H-pyrrole nitrogens is 1. The first-order valence-electron chi connectivity index (χ1n) is 12.2. The molecule has 0 aliphatic carbocycles. The summed E-state index contributed by atoms with van der Waals surface area (Å²) in [6.07, 6.45) is 2.14. The molecule has 2 aliphatic heterocycles. The number of pyridine rings is 1. The molecule has 0 bridgehead atoms. The molecular formula is C26H28N6O3. The number of aromatic nitrogens is 5. The Hall–Kier alpha value is -3.72. The summed E-state index contributed by atoms with van der Waals surface area (Å²) < 4.78 is 13.3. The molecule has 1 saturated heterocycles. The molecule has 2 aromatic carbocycles. The third kappa shape index (κ3) is 4.27. The molecule has 35 heavy (non-hydrogen) atoms. The maximum Gasteiger partial charge on any atom is 0.253 e. The third-order valence-corrected chi connectivity index (χ3v) is 6.99. The molecule has 0 amide bonds. The van der Waals surface area contributed by atoms with Crippen molar-refractivity contribution in [3.63, 3.8) is 0 Å². The van der Waals surface area contributed by atoms with Gasteiger partial charge in [0.05, 0.1) is 12.1 Å². The summed E-state index contributed by atoms with van der Waals surface area (Å²) in [5.74, 6) is 2.68. The number of nitrogens with one attached hydrogen (secondary N) is 1. The fourth-order valence-electron chi connectivity index (χ4n) is 5.03. The van der Waals surface area contributed by atoms with Gasteiger partial charge in [-0.15, -0.1) is 5.10 Å². The lowest BCUT2D eigenvalue weighted by Gasteiger charge is -2.36. The number of tetrazole rings is 1. The Labute approximate surface area is 202 Å². The largest absolute Gasteiger partial charge is 0.486 e. The van der Waals surface area contributed by atoms with Crippen LogP contribution in [0.25, 0.3) is 10.9 Å². The van der Waals surface area contributed by atoms with E-state index in [2.05, 4.69) is 44.5 Å². The van der Waals surface area contributed by atoms with E-state index in [-0.39, 0.29) is 11.6 Å². The predicted octanol–water partition coefficient (Wildman–Crippen LogP) is 3.16. The van der Waals surface area contributed by atoms with Crippen molar-refractivity contribution in [2.45, 2.75) is 32.4 Å². The molecule has 0 saturated carbocycles. The molecular weight excluding hydrogens is 444 g/mol. The van der Waals surface area contributed by atoms with E-state index in [1.807, 2.05) is 41.1 Å². The molecule has 2 aliphatic rings.